The SMILES string of the molecule is COCCOCC[N+]1=C(/C=C/C=C2/N(CCOCCOCCOCCC(=O)ON3C(=O)CCC3=O)c3ccc(S(=O)(=O)[O-])cc3C2(C)CCOC)C(C)(CCCS(=O)(=O)[O-])c2cc(S(=O)(=O)[O-])ccc21. The average molecular weight is 1040 g/mol. The molecule has 2 amide bonds. The first-order valence-electron chi connectivity index (χ1n) is 22.4. The van der Waals surface area contributed by atoms with Gasteiger partial charge in [-0.2, -0.15) is 4.58 Å². The van der Waals surface area contributed by atoms with Crippen LogP contribution in [0.5, 0.6) is 0 Å². The number of imide groups is 1. The van der Waals surface area contributed by atoms with E-state index in [0.717, 1.165) is 0 Å². The highest BCUT2D eigenvalue weighted by Gasteiger charge is 2.48. The summed E-state index contributed by atoms with van der Waals surface area (Å²) in [6.07, 6.45) is 5.43. The summed E-state index contributed by atoms with van der Waals surface area (Å²) in [7, 11) is -11.4. The molecule has 0 bridgehead atoms. The first kappa shape index (κ1) is 56.4. The molecule has 0 spiro atoms. The van der Waals surface area contributed by atoms with Gasteiger partial charge in [-0.25, -0.2) is 30.0 Å². The zero-order valence-electron chi connectivity index (χ0n) is 39.5. The van der Waals surface area contributed by atoms with E-state index in [1.807, 2.05) is 22.5 Å². The third kappa shape index (κ3) is 14.6. The van der Waals surface area contributed by atoms with E-state index in [0.29, 0.717) is 52.0 Å². The zero-order valence-corrected chi connectivity index (χ0v) is 41.9. The van der Waals surface area contributed by atoms with E-state index in [9.17, 15) is 53.3 Å². The van der Waals surface area contributed by atoms with Crippen LogP contribution in [-0.4, -0.2) is 171 Å². The fourth-order valence-corrected chi connectivity index (χ4v) is 10.1. The first-order valence-corrected chi connectivity index (χ1v) is 26.8. The van der Waals surface area contributed by atoms with E-state index < -0.39 is 74.5 Å². The largest absolute Gasteiger partial charge is 0.748 e. The molecule has 2 aromatic carbocycles. The van der Waals surface area contributed by atoms with Gasteiger partial charge < -0.3 is 51.8 Å². The summed E-state index contributed by atoms with van der Waals surface area (Å²) in [4.78, 5) is 41.1. The minimum atomic E-state index is -4.91. The first-order chi connectivity index (χ1) is 33.0. The number of fused-ring (bicyclic) bond motifs is 2. The van der Waals surface area contributed by atoms with Crippen molar-refractivity contribution in [2.75, 3.05) is 104 Å². The highest BCUT2D eigenvalue weighted by Crippen LogP contribution is 2.51. The van der Waals surface area contributed by atoms with Crippen molar-refractivity contribution < 1.29 is 91.1 Å². The van der Waals surface area contributed by atoms with Crippen molar-refractivity contribution in [1.29, 1.82) is 0 Å². The molecule has 3 heterocycles. The third-order valence-corrected chi connectivity index (χ3v) is 14.6. The Morgan fingerprint density at radius 1 is 0.714 bits per heavy atom. The van der Waals surface area contributed by atoms with Crippen molar-refractivity contribution in [2.45, 2.75) is 73.0 Å². The number of carbonyl (C=O) groups is 3. The number of allylic oxidation sites excluding steroid dienone is 4. The molecule has 2 aromatic rings. The van der Waals surface area contributed by atoms with E-state index in [4.69, 9.17) is 33.3 Å². The Kier molecular flexibility index (Phi) is 19.9. The summed E-state index contributed by atoms with van der Waals surface area (Å²) in [5.41, 5.74) is 1.27. The summed E-state index contributed by atoms with van der Waals surface area (Å²) in [6, 6.07) is 8.12. The highest BCUT2D eigenvalue weighted by atomic mass is 32.2. The maximum absolute atomic E-state index is 12.3. The Morgan fingerprint density at radius 2 is 1.29 bits per heavy atom. The molecular formula is C45H59N3O19S3-2. The molecule has 2 unspecified atom stereocenters. The number of nitrogens with zero attached hydrogens (tertiary/aromatic N) is 3. The molecule has 388 valence electrons. The molecule has 25 heteroatoms. The van der Waals surface area contributed by atoms with E-state index in [1.54, 1.807) is 25.1 Å². The monoisotopic (exact) mass is 1040 g/mol. The Hall–Kier alpha value is -4.51. The lowest BCUT2D eigenvalue weighted by molar-refractivity contribution is -0.442. The number of hydroxylamine groups is 2. The average Bonchev–Trinajstić information content (AvgIpc) is 3.82. The Bertz CT molecular complexity index is 2640. The van der Waals surface area contributed by atoms with Crippen LogP contribution < -0.4 is 4.90 Å². The lowest BCUT2D eigenvalue weighted by Crippen LogP contribution is -2.33. The van der Waals surface area contributed by atoms with Crippen molar-refractivity contribution in [3.63, 3.8) is 0 Å². The second-order valence-corrected chi connectivity index (χ2v) is 21.2. The number of methoxy groups -OCH3 is 2. The molecular weight excluding hydrogens is 983 g/mol. The van der Waals surface area contributed by atoms with Crippen LogP contribution in [0.1, 0.15) is 63.5 Å². The number of anilines is 1. The number of ether oxygens (including phenoxy) is 6. The zero-order chi connectivity index (χ0) is 51.3. The number of amides is 2. The van der Waals surface area contributed by atoms with Gasteiger partial charge in [-0.3, -0.25) is 9.59 Å². The van der Waals surface area contributed by atoms with Gasteiger partial charge in [-0.05, 0) is 75.1 Å². The molecule has 3 aliphatic heterocycles. The van der Waals surface area contributed by atoms with Gasteiger partial charge in [0.2, 0.25) is 5.69 Å². The summed E-state index contributed by atoms with van der Waals surface area (Å²) in [5.74, 6) is -2.63. The lowest BCUT2D eigenvalue weighted by atomic mass is 9.75. The molecule has 1 fully saturated rings. The Morgan fingerprint density at radius 3 is 1.90 bits per heavy atom. The van der Waals surface area contributed by atoms with E-state index in [-0.39, 0.29) is 105 Å². The van der Waals surface area contributed by atoms with Gasteiger partial charge in [0.25, 0.3) is 11.8 Å². The van der Waals surface area contributed by atoms with Gasteiger partial charge in [0, 0.05) is 80.5 Å². The molecule has 2 atom stereocenters. The molecule has 0 N–H and O–H groups in total. The molecule has 0 saturated carbocycles. The van der Waals surface area contributed by atoms with Gasteiger partial charge in [-0.1, -0.05) is 6.08 Å². The van der Waals surface area contributed by atoms with Crippen molar-refractivity contribution >= 4 is 65.2 Å². The van der Waals surface area contributed by atoms with Crippen molar-refractivity contribution in [3.05, 3.63) is 71.5 Å². The van der Waals surface area contributed by atoms with Crippen LogP contribution in [0.4, 0.5) is 11.4 Å². The second kappa shape index (κ2) is 24.7. The molecule has 0 aliphatic carbocycles. The number of hydrogen-bond donors (Lipinski definition) is 0. The predicted octanol–water partition coefficient (Wildman–Crippen LogP) is 2.14. The number of hydrogen-bond acceptors (Lipinski definition) is 20. The quantitative estimate of drug-likeness (QED) is 0.0468. The molecule has 0 aromatic heterocycles. The second-order valence-electron chi connectivity index (χ2n) is 16.9. The standard InChI is InChI=1S/C45H61N3O19S3/c1-44(16-6-30-68(52,53)54)35-31-33(69(55,56)57)9-11-37(35)46(18-22-64-25-24-62-4)39(44)7-5-8-40-45(2,17-21-61-3)36-32-34(70(58,59)60)10-12-38(36)47(40)19-23-65-27-29-66-28-26-63-20-15-43(51)67-48-41(49)13-14-42(48)50/h5,7-12,31-32H,6,13-30H2,1-4H3,(H2-,52,53,54,55,56,57,58,59,60)/p-2. The van der Waals surface area contributed by atoms with Gasteiger partial charge in [-0.15, -0.1) is 5.06 Å². The molecule has 0 radical (unpaired) electrons. The summed E-state index contributed by atoms with van der Waals surface area (Å²) in [5, 5.41) is 0.470. The van der Waals surface area contributed by atoms with Crippen molar-refractivity contribution in [2.24, 2.45) is 0 Å². The van der Waals surface area contributed by atoms with E-state index in [2.05, 4.69) is 0 Å². The Balaban J connectivity index is 1.39. The molecule has 70 heavy (non-hydrogen) atoms. The van der Waals surface area contributed by atoms with Crippen LogP contribution in [0.15, 0.2) is 70.1 Å². The van der Waals surface area contributed by atoms with Gasteiger partial charge in [0.15, 0.2) is 12.3 Å². The topological polar surface area (TPSA) is 297 Å². The van der Waals surface area contributed by atoms with Crippen LogP contribution in [0.3, 0.4) is 0 Å². The molecule has 1 saturated heterocycles. The number of rotatable bonds is 30. The fraction of sp³-hybridized carbons (Fsp3) is 0.556. The Labute approximate surface area is 408 Å². The van der Waals surface area contributed by atoms with Crippen LogP contribution >= 0.6 is 0 Å². The fourth-order valence-electron chi connectivity index (χ4n) is 8.58. The van der Waals surface area contributed by atoms with Crippen molar-refractivity contribution in [3.8, 4) is 0 Å². The normalized spacial score (nSPS) is 20.1. The lowest BCUT2D eigenvalue weighted by Gasteiger charge is -2.30. The molecule has 5 rings (SSSR count). The van der Waals surface area contributed by atoms with Crippen LogP contribution in [0, 0.1) is 0 Å². The molecule has 3 aliphatic rings. The summed E-state index contributed by atoms with van der Waals surface area (Å²) < 4.78 is 144. The van der Waals surface area contributed by atoms with Gasteiger partial charge in [0.05, 0.1) is 84.6 Å². The smallest absolute Gasteiger partial charge is 0.335 e. The van der Waals surface area contributed by atoms with Crippen LogP contribution in [0.2, 0.25) is 0 Å². The summed E-state index contributed by atoms with van der Waals surface area (Å²) >= 11 is 0. The maximum Gasteiger partial charge on any atom is 0.335 e. The molecule has 22 nitrogen and oxygen atoms in total. The maximum atomic E-state index is 12.3. The summed E-state index contributed by atoms with van der Waals surface area (Å²) in [6.45, 7) is 5.94. The number of carbonyl (C=O) groups excluding carboxylic acids is 3. The van der Waals surface area contributed by atoms with Gasteiger partial charge >= 0.3 is 5.97 Å². The number of benzene rings is 2. The predicted molar refractivity (Wildman–Crippen MR) is 245 cm³/mol. The third-order valence-electron chi connectivity index (χ3n) is 12.1. The minimum absolute atomic E-state index is 0.0111. The van der Waals surface area contributed by atoms with E-state index >= 15 is 0 Å². The van der Waals surface area contributed by atoms with Crippen LogP contribution in [-0.2, 0) is 88.8 Å². The van der Waals surface area contributed by atoms with Gasteiger partial charge in [0.1, 0.15) is 26.8 Å². The van der Waals surface area contributed by atoms with E-state index in [1.165, 1.54) is 44.6 Å². The highest BCUT2D eigenvalue weighted by molar-refractivity contribution is 7.86. The minimum Gasteiger partial charge on any atom is -0.748 e. The van der Waals surface area contributed by atoms with Crippen LogP contribution in [0.25, 0.3) is 0 Å². The van der Waals surface area contributed by atoms with Crippen molar-refractivity contribution in [1.82, 2.24) is 5.06 Å².